The summed E-state index contributed by atoms with van der Waals surface area (Å²) in [6.07, 6.45) is 1.84. The first-order chi connectivity index (χ1) is 9.74. The summed E-state index contributed by atoms with van der Waals surface area (Å²) in [7, 11) is 4.07. The summed E-state index contributed by atoms with van der Waals surface area (Å²) in [4.78, 5) is 2.08. The van der Waals surface area contributed by atoms with Crippen LogP contribution in [0.5, 0.6) is 0 Å². The molecule has 1 unspecified atom stereocenters. The maximum absolute atomic E-state index is 5.97. The van der Waals surface area contributed by atoms with Gasteiger partial charge in [-0.15, -0.1) is 0 Å². The van der Waals surface area contributed by atoms with Crippen LogP contribution in [-0.2, 0) is 4.74 Å². The maximum Gasteiger partial charge on any atom is 0.196 e. The van der Waals surface area contributed by atoms with Crippen LogP contribution in [0.4, 0.5) is 5.69 Å². The van der Waals surface area contributed by atoms with Gasteiger partial charge in [0.15, 0.2) is 6.23 Å². The van der Waals surface area contributed by atoms with E-state index in [4.69, 9.17) is 4.74 Å². The first kappa shape index (κ1) is 12.6. The molecule has 2 aromatic rings. The summed E-state index contributed by atoms with van der Waals surface area (Å²) >= 11 is 0. The lowest BCUT2D eigenvalue weighted by Gasteiger charge is -2.15. The molecule has 0 aromatic heterocycles. The second-order valence-corrected chi connectivity index (χ2v) is 5.03. The third-order valence-electron chi connectivity index (χ3n) is 3.38. The summed E-state index contributed by atoms with van der Waals surface area (Å²) in [5, 5.41) is 3.26. The van der Waals surface area contributed by atoms with Gasteiger partial charge in [0.2, 0.25) is 0 Å². The van der Waals surface area contributed by atoms with E-state index in [2.05, 4.69) is 46.6 Å². The van der Waals surface area contributed by atoms with Crippen molar-refractivity contribution in [1.29, 1.82) is 0 Å². The first-order valence-corrected chi connectivity index (χ1v) is 6.69. The molecule has 1 aliphatic heterocycles. The molecule has 0 fully saturated rings. The van der Waals surface area contributed by atoms with Crippen molar-refractivity contribution < 1.29 is 4.74 Å². The zero-order valence-corrected chi connectivity index (χ0v) is 11.7. The van der Waals surface area contributed by atoms with E-state index in [1.165, 1.54) is 5.69 Å². The van der Waals surface area contributed by atoms with Crippen LogP contribution < -0.4 is 10.2 Å². The van der Waals surface area contributed by atoms with Gasteiger partial charge in [-0.1, -0.05) is 30.3 Å². The van der Waals surface area contributed by atoms with Crippen molar-refractivity contribution in [2.75, 3.05) is 19.0 Å². The van der Waals surface area contributed by atoms with Crippen LogP contribution in [0, 0.1) is 0 Å². The minimum atomic E-state index is -0.0975. The molecule has 0 saturated carbocycles. The maximum atomic E-state index is 5.97. The number of anilines is 1. The lowest BCUT2D eigenvalue weighted by Crippen LogP contribution is -2.11. The highest BCUT2D eigenvalue weighted by Crippen LogP contribution is 2.29. The van der Waals surface area contributed by atoms with Gasteiger partial charge in [0, 0.05) is 37.1 Å². The summed E-state index contributed by atoms with van der Waals surface area (Å²) in [5.41, 5.74) is 3.39. The van der Waals surface area contributed by atoms with Crippen molar-refractivity contribution in [2.24, 2.45) is 0 Å². The van der Waals surface area contributed by atoms with Crippen LogP contribution >= 0.6 is 0 Å². The number of benzene rings is 2. The number of ether oxygens (including phenoxy) is 1. The van der Waals surface area contributed by atoms with E-state index < -0.39 is 0 Å². The van der Waals surface area contributed by atoms with Crippen molar-refractivity contribution in [3.63, 3.8) is 0 Å². The summed E-state index contributed by atoms with van der Waals surface area (Å²) in [5.74, 6) is 0.879. The average Bonchev–Trinajstić information content (AvgIpc) is 2.98. The Morgan fingerprint density at radius 2 is 1.65 bits per heavy atom. The average molecular weight is 266 g/mol. The molecule has 0 amide bonds. The molecule has 102 valence electrons. The van der Waals surface area contributed by atoms with E-state index in [1.807, 2.05) is 38.5 Å². The Morgan fingerprint density at radius 3 is 2.30 bits per heavy atom. The van der Waals surface area contributed by atoms with Crippen LogP contribution in [0.1, 0.15) is 17.4 Å². The normalized spacial score (nSPS) is 17.1. The smallest absolute Gasteiger partial charge is 0.196 e. The molecule has 20 heavy (non-hydrogen) atoms. The van der Waals surface area contributed by atoms with E-state index in [0.29, 0.717) is 0 Å². The van der Waals surface area contributed by atoms with Crippen LogP contribution in [0.15, 0.2) is 60.8 Å². The minimum absolute atomic E-state index is 0.0975. The predicted octanol–water partition coefficient (Wildman–Crippen LogP) is 3.37. The highest BCUT2D eigenvalue weighted by molar-refractivity contribution is 5.63. The third-order valence-corrected chi connectivity index (χ3v) is 3.38. The number of hydrogen-bond acceptors (Lipinski definition) is 3. The van der Waals surface area contributed by atoms with Crippen LogP contribution in [0.25, 0.3) is 5.76 Å². The molecule has 0 radical (unpaired) electrons. The van der Waals surface area contributed by atoms with Crippen molar-refractivity contribution in [2.45, 2.75) is 6.23 Å². The molecule has 0 spiro atoms. The second-order valence-electron chi connectivity index (χ2n) is 5.03. The molecule has 0 saturated heterocycles. The number of nitrogens with zero attached hydrogens (tertiary/aromatic N) is 1. The van der Waals surface area contributed by atoms with E-state index in [1.54, 1.807) is 0 Å². The predicted molar refractivity (Wildman–Crippen MR) is 82.1 cm³/mol. The third kappa shape index (κ3) is 2.48. The van der Waals surface area contributed by atoms with E-state index in [-0.39, 0.29) is 6.23 Å². The van der Waals surface area contributed by atoms with Crippen molar-refractivity contribution in [3.8, 4) is 0 Å². The van der Waals surface area contributed by atoms with Crippen LogP contribution in [0.3, 0.4) is 0 Å². The first-order valence-electron chi connectivity index (χ1n) is 6.69. The Kier molecular flexibility index (Phi) is 3.33. The van der Waals surface area contributed by atoms with Gasteiger partial charge in [0.1, 0.15) is 5.76 Å². The molecule has 1 N–H and O–H groups in total. The zero-order chi connectivity index (χ0) is 13.9. The van der Waals surface area contributed by atoms with Crippen molar-refractivity contribution in [1.82, 2.24) is 5.32 Å². The Balaban J connectivity index is 1.74. The topological polar surface area (TPSA) is 24.5 Å². The van der Waals surface area contributed by atoms with Gasteiger partial charge < -0.3 is 15.0 Å². The van der Waals surface area contributed by atoms with Crippen LogP contribution in [0.2, 0.25) is 0 Å². The summed E-state index contributed by atoms with van der Waals surface area (Å²) in [6, 6.07) is 18.5. The lowest BCUT2D eigenvalue weighted by molar-refractivity contribution is 0.174. The molecule has 3 rings (SSSR count). The summed E-state index contributed by atoms with van der Waals surface area (Å²) in [6.45, 7) is 0. The fourth-order valence-electron chi connectivity index (χ4n) is 2.21. The number of nitrogens with one attached hydrogen (secondary N) is 1. The molecular formula is C17H18N2O. The molecule has 1 aliphatic rings. The molecule has 3 nitrogen and oxygen atoms in total. The SMILES string of the molecule is CN(C)c1ccc(C2=CNC(c3ccccc3)O2)cc1. The highest BCUT2D eigenvalue weighted by atomic mass is 16.5. The largest absolute Gasteiger partial charge is 0.464 e. The minimum Gasteiger partial charge on any atom is -0.464 e. The standard InChI is InChI=1S/C17H18N2O/c1-19(2)15-10-8-13(9-11-15)16-12-18-17(20-16)14-6-4-3-5-7-14/h3-12,17-18H,1-2H3. The molecule has 1 atom stereocenters. The van der Waals surface area contributed by atoms with Gasteiger partial charge in [-0.2, -0.15) is 0 Å². The molecule has 3 heteroatoms. The van der Waals surface area contributed by atoms with Crippen molar-refractivity contribution >= 4 is 11.4 Å². The Bertz CT molecular complexity index is 603. The van der Waals surface area contributed by atoms with E-state index in [0.717, 1.165) is 16.9 Å². The number of hydrogen-bond donors (Lipinski definition) is 1. The van der Waals surface area contributed by atoms with Crippen molar-refractivity contribution in [3.05, 3.63) is 71.9 Å². The Morgan fingerprint density at radius 1 is 0.950 bits per heavy atom. The monoisotopic (exact) mass is 266 g/mol. The highest BCUT2D eigenvalue weighted by Gasteiger charge is 2.19. The van der Waals surface area contributed by atoms with Gasteiger partial charge >= 0.3 is 0 Å². The van der Waals surface area contributed by atoms with Gasteiger partial charge in [0.25, 0.3) is 0 Å². The molecule has 2 aromatic carbocycles. The fraction of sp³-hybridized carbons (Fsp3) is 0.176. The van der Waals surface area contributed by atoms with Crippen LogP contribution in [-0.4, -0.2) is 14.1 Å². The summed E-state index contributed by atoms with van der Waals surface area (Å²) < 4.78 is 5.97. The lowest BCUT2D eigenvalue weighted by atomic mass is 10.1. The van der Waals surface area contributed by atoms with Gasteiger partial charge in [-0.25, -0.2) is 0 Å². The second kappa shape index (κ2) is 5.29. The van der Waals surface area contributed by atoms with E-state index >= 15 is 0 Å². The zero-order valence-electron chi connectivity index (χ0n) is 11.7. The van der Waals surface area contributed by atoms with Gasteiger partial charge in [-0.3, -0.25) is 0 Å². The Labute approximate surface area is 119 Å². The van der Waals surface area contributed by atoms with E-state index in [9.17, 15) is 0 Å². The molecule has 0 bridgehead atoms. The molecule has 0 aliphatic carbocycles. The quantitative estimate of drug-likeness (QED) is 0.921. The molecule has 1 heterocycles. The fourth-order valence-corrected chi connectivity index (χ4v) is 2.21. The van der Waals surface area contributed by atoms with Gasteiger partial charge in [-0.05, 0) is 24.3 Å². The molecular weight excluding hydrogens is 248 g/mol. The van der Waals surface area contributed by atoms with Gasteiger partial charge in [0.05, 0.1) is 0 Å². The number of rotatable bonds is 3. The Hall–Kier alpha value is -2.42.